The topological polar surface area (TPSA) is 112 Å². The standard InChI is InChI=1S/C21H20N4O5S/c1-3-29-19(26)11-16-13-31-21(24-16)25-23-12-14-4-6-17(7-5-14)30-18-10-15(8-9-22-18)20(27)28-2/h4-10,12-13H,3,11H2,1-2H3,(H,24,25). The van der Waals surface area contributed by atoms with Gasteiger partial charge in [-0.15, -0.1) is 11.3 Å². The number of ether oxygens (including phenoxy) is 3. The van der Waals surface area contributed by atoms with Crippen LogP contribution in [0.1, 0.15) is 28.5 Å². The molecule has 1 aromatic carbocycles. The van der Waals surface area contributed by atoms with E-state index in [9.17, 15) is 9.59 Å². The Morgan fingerprint density at radius 2 is 2.03 bits per heavy atom. The van der Waals surface area contributed by atoms with Crippen LogP contribution >= 0.6 is 11.3 Å². The molecule has 1 N–H and O–H groups in total. The molecule has 0 radical (unpaired) electrons. The van der Waals surface area contributed by atoms with Crippen LogP contribution in [0.2, 0.25) is 0 Å². The molecule has 0 saturated carbocycles. The van der Waals surface area contributed by atoms with Gasteiger partial charge in [0, 0.05) is 17.6 Å². The molecule has 3 rings (SSSR count). The Labute approximate surface area is 182 Å². The van der Waals surface area contributed by atoms with Crippen LogP contribution in [0.15, 0.2) is 53.1 Å². The third-order valence-corrected chi connectivity index (χ3v) is 4.61. The first-order valence-electron chi connectivity index (χ1n) is 9.28. The number of anilines is 1. The molecule has 0 atom stereocenters. The summed E-state index contributed by atoms with van der Waals surface area (Å²) in [7, 11) is 1.31. The Kier molecular flexibility index (Phi) is 7.66. The van der Waals surface area contributed by atoms with Crippen molar-refractivity contribution >= 4 is 34.6 Å². The van der Waals surface area contributed by atoms with Gasteiger partial charge >= 0.3 is 11.9 Å². The van der Waals surface area contributed by atoms with Crippen molar-refractivity contribution in [2.45, 2.75) is 13.3 Å². The number of nitrogens with zero attached hydrogens (tertiary/aromatic N) is 3. The molecule has 0 amide bonds. The highest BCUT2D eigenvalue weighted by molar-refractivity contribution is 7.13. The Morgan fingerprint density at radius 3 is 2.77 bits per heavy atom. The maximum Gasteiger partial charge on any atom is 0.338 e. The van der Waals surface area contributed by atoms with E-state index in [1.807, 2.05) is 12.1 Å². The number of esters is 2. The fraction of sp³-hybridized carbons (Fsp3) is 0.190. The zero-order valence-corrected chi connectivity index (χ0v) is 17.7. The van der Waals surface area contributed by atoms with E-state index in [0.29, 0.717) is 28.7 Å². The molecule has 2 aromatic heterocycles. The van der Waals surface area contributed by atoms with E-state index in [2.05, 4.69) is 25.2 Å². The summed E-state index contributed by atoms with van der Waals surface area (Å²) >= 11 is 1.35. The van der Waals surface area contributed by atoms with Crippen molar-refractivity contribution in [3.8, 4) is 11.6 Å². The van der Waals surface area contributed by atoms with E-state index in [4.69, 9.17) is 9.47 Å². The minimum atomic E-state index is -0.459. The van der Waals surface area contributed by atoms with E-state index < -0.39 is 5.97 Å². The average Bonchev–Trinajstić information content (AvgIpc) is 3.21. The number of aromatic nitrogens is 2. The summed E-state index contributed by atoms with van der Waals surface area (Å²) in [6.07, 6.45) is 3.24. The van der Waals surface area contributed by atoms with Crippen LogP contribution in [0.3, 0.4) is 0 Å². The minimum absolute atomic E-state index is 0.134. The summed E-state index contributed by atoms with van der Waals surface area (Å²) in [5.41, 5.74) is 4.66. The Balaban J connectivity index is 1.54. The molecular weight excluding hydrogens is 420 g/mol. The SMILES string of the molecule is CCOC(=O)Cc1csc(NN=Cc2ccc(Oc3cc(C(=O)OC)ccn3)cc2)n1. The second-order valence-electron chi connectivity index (χ2n) is 6.04. The highest BCUT2D eigenvalue weighted by atomic mass is 32.1. The van der Waals surface area contributed by atoms with Crippen LogP contribution in [0.5, 0.6) is 11.6 Å². The third kappa shape index (κ3) is 6.61. The fourth-order valence-corrected chi connectivity index (χ4v) is 3.07. The Bertz CT molecular complexity index is 1070. The summed E-state index contributed by atoms with van der Waals surface area (Å²) in [4.78, 5) is 31.4. The predicted octanol–water partition coefficient (Wildman–Crippen LogP) is 3.67. The molecule has 9 nitrogen and oxygen atoms in total. The summed E-state index contributed by atoms with van der Waals surface area (Å²) in [6, 6.07) is 10.2. The third-order valence-electron chi connectivity index (χ3n) is 3.81. The first-order valence-corrected chi connectivity index (χ1v) is 10.2. The van der Waals surface area contributed by atoms with Crippen molar-refractivity contribution in [1.82, 2.24) is 9.97 Å². The molecule has 3 aromatic rings. The van der Waals surface area contributed by atoms with Gasteiger partial charge in [0.25, 0.3) is 0 Å². The Morgan fingerprint density at radius 1 is 1.23 bits per heavy atom. The smallest absolute Gasteiger partial charge is 0.338 e. The van der Waals surface area contributed by atoms with Crippen molar-refractivity contribution in [1.29, 1.82) is 0 Å². The minimum Gasteiger partial charge on any atom is -0.466 e. The van der Waals surface area contributed by atoms with Crippen LogP contribution < -0.4 is 10.2 Å². The van der Waals surface area contributed by atoms with Gasteiger partial charge < -0.3 is 14.2 Å². The van der Waals surface area contributed by atoms with Crippen LogP contribution in [-0.2, 0) is 20.7 Å². The number of carbonyl (C=O) groups excluding carboxylic acids is 2. The number of nitrogens with one attached hydrogen (secondary N) is 1. The summed E-state index contributed by atoms with van der Waals surface area (Å²) in [5.74, 6) is 0.0773. The van der Waals surface area contributed by atoms with E-state index in [0.717, 1.165) is 5.56 Å². The van der Waals surface area contributed by atoms with E-state index in [1.165, 1.54) is 30.7 Å². The molecular formula is C21H20N4O5S. The van der Waals surface area contributed by atoms with E-state index >= 15 is 0 Å². The number of hydrogen-bond donors (Lipinski definition) is 1. The quantitative estimate of drug-likeness (QED) is 0.305. The van der Waals surface area contributed by atoms with Gasteiger partial charge in [-0.05, 0) is 42.8 Å². The second kappa shape index (κ2) is 10.8. The van der Waals surface area contributed by atoms with Crippen molar-refractivity contribution in [2.75, 3.05) is 19.1 Å². The van der Waals surface area contributed by atoms with Crippen LogP contribution in [-0.4, -0.2) is 41.8 Å². The molecule has 0 spiro atoms. The molecule has 2 heterocycles. The second-order valence-corrected chi connectivity index (χ2v) is 6.90. The summed E-state index contributed by atoms with van der Waals surface area (Å²) in [6.45, 7) is 2.11. The normalized spacial score (nSPS) is 10.6. The Hall–Kier alpha value is -3.79. The summed E-state index contributed by atoms with van der Waals surface area (Å²) < 4.78 is 15.3. The molecule has 0 unspecified atom stereocenters. The molecule has 0 aliphatic carbocycles. The van der Waals surface area contributed by atoms with Crippen molar-refractivity contribution in [3.63, 3.8) is 0 Å². The van der Waals surface area contributed by atoms with Gasteiger partial charge in [-0.3, -0.25) is 10.2 Å². The van der Waals surface area contributed by atoms with Gasteiger partial charge in [0.1, 0.15) is 5.75 Å². The van der Waals surface area contributed by atoms with Gasteiger partial charge in [0.05, 0.1) is 37.6 Å². The lowest BCUT2D eigenvalue weighted by molar-refractivity contribution is -0.142. The maximum absolute atomic E-state index is 11.6. The zero-order chi connectivity index (χ0) is 22.1. The van der Waals surface area contributed by atoms with Crippen LogP contribution in [0.25, 0.3) is 0 Å². The lowest BCUT2D eigenvalue weighted by Crippen LogP contribution is -2.07. The van der Waals surface area contributed by atoms with Gasteiger partial charge in [-0.2, -0.15) is 5.10 Å². The first-order chi connectivity index (χ1) is 15.1. The zero-order valence-electron chi connectivity index (χ0n) is 16.9. The van der Waals surface area contributed by atoms with Gasteiger partial charge in [-0.1, -0.05) is 0 Å². The number of methoxy groups -OCH3 is 1. The van der Waals surface area contributed by atoms with Crippen molar-refractivity contribution < 1.29 is 23.8 Å². The van der Waals surface area contributed by atoms with Crippen LogP contribution in [0.4, 0.5) is 5.13 Å². The number of benzene rings is 1. The molecule has 0 saturated heterocycles. The number of thiazole rings is 1. The number of carbonyl (C=O) groups is 2. The number of hydrogen-bond acceptors (Lipinski definition) is 10. The van der Waals surface area contributed by atoms with E-state index in [1.54, 1.807) is 36.7 Å². The van der Waals surface area contributed by atoms with Gasteiger partial charge in [0.15, 0.2) is 0 Å². The van der Waals surface area contributed by atoms with Gasteiger partial charge in [0.2, 0.25) is 11.0 Å². The predicted molar refractivity (Wildman–Crippen MR) is 116 cm³/mol. The van der Waals surface area contributed by atoms with Crippen molar-refractivity contribution in [3.05, 3.63) is 64.8 Å². The molecule has 0 aliphatic rings. The fourth-order valence-electron chi connectivity index (χ4n) is 2.41. The molecule has 0 fully saturated rings. The maximum atomic E-state index is 11.6. The number of hydrazone groups is 1. The molecule has 10 heteroatoms. The van der Waals surface area contributed by atoms with Gasteiger partial charge in [-0.25, -0.2) is 14.8 Å². The largest absolute Gasteiger partial charge is 0.466 e. The molecule has 31 heavy (non-hydrogen) atoms. The molecule has 0 bridgehead atoms. The average molecular weight is 440 g/mol. The van der Waals surface area contributed by atoms with Crippen LogP contribution in [0, 0.1) is 0 Å². The number of pyridine rings is 1. The highest BCUT2D eigenvalue weighted by Crippen LogP contribution is 2.21. The monoisotopic (exact) mass is 440 g/mol. The first kappa shape index (κ1) is 21.9. The summed E-state index contributed by atoms with van der Waals surface area (Å²) in [5, 5.41) is 6.50. The lowest BCUT2D eigenvalue weighted by atomic mass is 10.2. The highest BCUT2D eigenvalue weighted by Gasteiger charge is 2.09. The molecule has 0 aliphatic heterocycles. The number of rotatable bonds is 9. The van der Waals surface area contributed by atoms with E-state index in [-0.39, 0.29) is 18.3 Å². The van der Waals surface area contributed by atoms with Crippen molar-refractivity contribution in [2.24, 2.45) is 5.10 Å². The molecule has 160 valence electrons. The lowest BCUT2D eigenvalue weighted by Gasteiger charge is -2.06.